The highest BCUT2D eigenvalue weighted by Crippen LogP contribution is 2.27. The van der Waals surface area contributed by atoms with Gasteiger partial charge in [-0.2, -0.15) is 4.31 Å². The van der Waals surface area contributed by atoms with Crippen LogP contribution in [0.15, 0.2) is 69.4 Å². The van der Waals surface area contributed by atoms with Crippen LogP contribution in [0.5, 0.6) is 0 Å². The number of hydrogen-bond acceptors (Lipinski definition) is 4. The van der Waals surface area contributed by atoms with Crippen molar-refractivity contribution in [2.24, 2.45) is 0 Å². The van der Waals surface area contributed by atoms with Crippen LogP contribution in [0.1, 0.15) is 5.56 Å². The molecule has 0 saturated carbocycles. The zero-order valence-electron chi connectivity index (χ0n) is 15.2. The highest BCUT2D eigenvalue weighted by atomic mass is 79.9. The minimum absolute atomic E-state index is 0.0256. The van der Waals surface area contributed by atoms with Crippen molar-refractivity contribution in [3.05, 3.63) is 70.0 Å². The molecular formula is C20H21BrN2O3S2. The van der Waals surface area contributed by atoms with E-state index < -0.39 is 10.0 Å². The van der Waals surface area contributed by atoms with Crippen LogP contribution in [-0.2, 0) is 14.8 Å². The molecule has 0 unspecified atom stereocenters. The van der Waals surface area contributed by atoms with Crippen LogP contribution < -0.4 is 0 Å². The molecule has 1 saturated heterocycles. The molecule has 148 valence electrons. The van der Waals surface area contributed by atoms with Gasteiger partial charge in [-0.25, -0.2) is 8.42 Å². The van der Waals surface area contributed by atoms with Gasteiger partial charge in [-0.3, -0.25) is 4.79 Å². The number of thioether (sulfide) groups is 1. The number of carbonyl (C=O) groups is 1. The second-order valence-electron chi connectivity index (χ2n) is 6.26. The highest BCUT2D eigenvalue weighted by Gasteiger charge is 2.27. The minimum Gasteiger partial charge on any atom is -0.339 e. The van der Waals surface area contributed by atoms with E-state index in [1.54, 1.807) is 11.0 Å². The number of hydrogen-bond donors (Lipinski definition) is 0. The molecule has 2 aromatic rings. The predicted molar refractivity (Wildman–Crippen MR) is 117 cm³/mol. The third-order valence-electron chi connectivity index (χ3n) is 4.37. The Morgan fingerprint density at radius 1 is 1.00 bits per heavy atom. The van der Waals surface area contributed by atoms with Gasteiger partial charge in [0.2, 0.25) is 15.9 Å². The SMILES string of the molecule is O=C(CSc1ccccc1Br)N1CCN(S(=O)(=O)/C=C/c2ccccc2)CC1. The third-order valence-corrected chi connectivity index (χ3v) is 7.95. The number of rotatable bonds is 6. The van der Waals surface area contributed by atoms with Crippen LogP contribution in [-0.4, -0.2) is 55.5 Å². The Morgan fingerprint density at radius 3 is 2.32 bits per heavy atom. The van der Waals surface area contributed by atoms with Crippen LogP contribution in [0.3, 0.4) is 0 Å². The molecule has 1 fully saturated rings. The zero-order valence-corrected chi connectivity index (χ0v) is 18.4. The molecule has 5 nitrogen and oxygen atoms in total. The van der Waals surface area contributed by atoms with E-state index in [9.17, 15) is 13.2 Å². The fraction of sp³-hybridized carbons (Fsp3) is 0.250. The molecule has 0 bridgehead atoms. The lowest BCUT2D eigenvalue weighted by molar-refractivity contribution is -0.129. The molecule has 1 aliphatic heterocycles. The van der Waals surface area contributed by atoms with Crippen molar-refractivity contribution in [2.75, 3.05) is 31.9 Å². The molecule has 0 radical (unpaired) electrons. The van der Waals surface area contributed by atoms with E-state index >= 15 is 0 Å². The summed E-state index contributed by atoms with van der Waals surface area (Å²) in [4.78, 5) is 15.2. The normalized spacial score (nSPS) is 15.8. The maximum atomic E-state index is 12.5. The Labute approximate surface area is 178 Å². The summed E-state index contributed by atoms with van der Waals surface area (Å²) in [6.07, 6.45) is 1.60. The first kappa shape index (κ1) is 21.1. The predicted octanol–water partition coefficient (Wildman–Crippen LogP) is 3.69. The number of amides is 1. The minimum atomic E-state index is -3.49. The molecule has 28 heavy (non-hydrogen) atoms. The molecule has 1 aliphatic rings. The summed E-state index contributed by atoms with van der Waals surface area (Å²) in [5, 5.41) is 1.24. The molecule has 0 spiro atoms. The van der Waals surface area contributed by atoms with Crippen LogP contribution in [0.2, 0.25) is 0 Å². The lowest BCUT2D eigenvalue weighted by Gasteiger charge is -2.33. The summed E-state index contributed by atoms with van der Waals surface area (Å²) in [5.74, 6) is 0.362. The van der Waals surface area contributed by atoms with Crippen molar-refractivity contribution in [1.82, 2.24) is 9.21 Å². The maximum Gasteiger partial charge on any atom is 0.236 e. The van der Waals surface area contributed by atoms with E-state index in [0.717, 1.165) is 14.9 Å². The van der Waals surface area contributed by atoms with Crippen LogP contribution in [0, 0.1) is 0 Å². The first-order valence-electron chi connectivity index (χ1n) is 8.84. The monoisotopic (exact) mass is 480 g/mol. The quantitative estimate of drug-likeness (QED) is 0.591. The fourth-order valence-corrected chi connectivity index (χ4v) is 5.44. The van der Waals surface area contributed by atoms with Crippen molar-refractivity contribution in [1.29, 1.82) is 0 Å². The molecule has 8 heteroatoms. The smallest absolute Gasteiger partial charge is 0.236 e. The second kappa shape index (κ2) is 9.73. The van der Waals surface area contributed by atoms with Crippen molar-refractivity contribution in [3.8, 4) is 0 Å². The highest BCUT2D eigenvalue weighted by molar-refractivity contribution is 9.10. The van der Waals surface area contributed by atoms with E-state index in [1.807, 2.05) is 54.6 Å². The van der Waals surface area contributed by atoms with E-state index in [2.05, 4.69) is 15.9 Å². The Morgan fingerprint density at radius 2 is 1.64 bits per heavy atom. The van der Waals surface area contributed by atoms with Gasteiger partial charge in [0, 0.05) is 41.0 Å². The van der Waals surface area contributed by atoms with Crippen LogP contribution in [0.4, 0.5) is 0 Å². The Kier molecular flexibility index (Phi) is 7.34. The number of nitrogens with zero attached hydrogens (tertiary/aromatic N) is 2. The lowest BCUT2D eigenvalue weighted by Crippen LogP contribution is -2.50. The molecule has 0 N–H and O–H groups in total. The van der Waals surface area contributed by atoms with Gasteiger partial charge >= 0.3 is 0 Å². The number of sulfonamides is 1. The van der Waals surface area contributed by atoms with Crippen LogP contribution >= 0.6 is 27.7 Å². The van der Waals surface area contributed by atoms with Crippen molar-refractivity contribution in [2.45, 2.75) is 4.90 Å². The summed E-state index contributed by atoms with van der Waals surface area (Å²) < 4.78 is 27.4. The summed E-state index contributed by atoms with van der Waals surface area (Å²) in [7, 11) is -3.49. The second-order valence-corrected chi connectivity index (χ2v) is 9.95. The Hall–Kier alpha value is -1.61. The Bertz CT molecular complexity index is 941. The summed E-state index contributed by atoms with van der Waals surface area (Å²) >= 11 is 4.96. The first-order chi connectivity index (χ1) is 13.5. The number of carbonyl (C=O) groups excluding carboxylic acids is 1. The average molecular weight is 481 g/mol. The first-order valence-corrected chi connectivity index (χ1v) is 12.1. The van der Waals surface area contributed by atoms with Gasteiger partial charge < -0.3 is 4.90 Å². The average Bonchev–Trinajstić information content (AvgIpc) is 2.72. The van der Waals surface area contributed by atoms with Gasteiger partial charge in [-0.05, 0) is 39.7 Å². The van der Waals surface area contributed by atoms with Crippen molar-refractivity contribution in [3.63, 3.8) is 0 Å². The number of piperazine rings is 1. The summed E-state index contributed by atoms with van der Waals surface area (Å²) in [6.45, 7) is 1.45. The fourth-order valence-electron chi connectivity index (χ4n) is 2.80. The van der Waals surface area contributed by atoms with Crippen molar-refractivity contribution < 1.29 is 13.2 Å². The molecule has 1 heterocycles. The van der Waals surface area contributed by atoms with E-state index in [-0.39, 0.29) is 5.91 Å². The van der Waals surface area contributed by atoms with Crippen molar-refractivity contribution >= 4 is 49.7 Å². The number of benzene rings is 2. The molecule has 0 atom stereocenters. The van der Waals surface area contributed by atoms with Gasteiger partial charge in [0.25, 0.3) is 0 Å². The van der Waals surface area contributed by atoms with E-state index in [4.69, 9.17) is 0 Å². The van der Waals surface area contributed by atoms with Gasteiger partial charge in [0.15, 0.2) is 0 Å². The molecule has 2 aromatic carbocycles. The zero-order chi connectivity index (χ0) is 20.0. The summed E-state index contributed by atoms with van der Waals surface area (Å²) in [5.41, 5.74) is 0.837. The topological polar surface area (TPSA) is 57.7 Å². The van der Waals surface area contributed by atoms with Gasteiger partial charge in [0.05, 0.1) is 5.75 Å². The number of halogens is 1. The van der Waals surface area contributed by atoms with Gasteiger partial charge in [0.1, 0.15) is 0 Å². The molecule has 0 aliphatic carbocycles. The van der Waals surface area contributed by atoms with Gasteiger partial charge in [-0.15, -0.1) is 11.8 Å². The molecular weight excluding hydrogens is 460 g/mol. The largest absolute Gasteiger partial charge is 0.339 e. The molecule has 0 aromatic heterocycles. The summed E-state index contributed by atoms with van der Waals surface area (Å²) in [6, 6.07) is 17.1. The van der Waals surface area contributed by atoms with E-state index in [0.29, 0.717) is 31.9 Å². The third kappa shape index (κ3) is 5.70. The molecule has 1 amide bonds. The molecule has 3 rings (SSSR count). The van der Waals surface area contributed by atoms with Gasteiger partial charge in [-0.1, -0.05) is 42.5 Å². The van der Waals surface area contributed by atoms with E-state index in [1.165, 1.54) is 21.5 Å². The lowest BCUT2D eigenvalue weighted by atomic mass is 10.2. The maximum absolute atomic E-state index is 12.5. The standard InChI is InChI=1S/C20H21BrN2O3S2/c21-18-8-4-5-9-19(18)27-16-20(24)22-11-13-23(14-12-22)28(25,26)15-10-17-6-2-1-3-7-17/h1-10,15H,11-14,16H2/b15-10+. The van der Waals surface area contributed by atoms with Crippen LogP contribution in [0.25, 0.3) is 6.08 Å². The Balaban J connectivity index is 1.51.